The second-order valence-corrected chi connectivity index (χ2v) is 4.90. The van der Waals surface area contributed by atoms with Crippen LogP contribution in [0.25, 0.3) is 0 Å². The normalized spacial score (nSPS) is 26.3. The average molecular weight is 232 g/mol. The van der Waals surface area contributed by atoms with Crippen LogP contribution >= 0.6 is 0 Å². The molecule has 2 heterocycles. The molecule has 3 rings (SSSR count). The van der Waals surface area contributed by atoms with Gasteiger partial charge in [-0.3, -0.25) is 0 Å². The van der Waals surface area contributed by atoms with E-state index in [9.17, 15) is 4.79 Å². The second kappa shape index (κ2) is 4.02. The topological polar surface area (TPSA) is 42.4 Å². The lowest BCUT2D eigenvalue weighted by Gasteiger charge is -2.27. The standard InChI is InChI=1S/C13H16N2O2/c1-17-13(16)9-4-5-12(14-6-9)15-7-10-2-3-11(10)8-15/h4-6,10-11H,2-3,7-8H2,1H3/t10-,11+. The summed E-state index contributed by atoms with van der Waals surface area (Å²) in [6.07, 6.45) is 4.32. The average Bonchev–Trinajstić information content (AvgIpc) is 2.65. The Morgan fingerprint density at radius 2 is 2.06 bits per heavy atom. The van der Waals surface area contributed by atoms with Crippen molar-refractivity contribution in [3.05, 3.63) is 23.9 Å². The molecule has 0 amide bonds. The van der Waals surface area contributed by atoms with Crippen LogP contribution in [-0.4, -0.2) is 31.2 Å². The maximum absolute atomic E-state index is 11.3. The molecule has 1 saturated heterocycles. The van der Waals surface area contributed by atoms with Crippen LogP contribution < -0.4 is 4.90 Å². The Labute approximate surface area is 101 Å². The number of esters is 1. The van der Waals surface area contributed by atoms with Gasteiger partial charge in [-0.25, -0.2) is 9.78 Å². The molecule has 1 aliphatic heterocycles. The molecule has 4 heteroatoms. The van der Waals surface area contributed by atoms with E-state index >= 15 is 0 Å². The molecular weight excluding hydrogens is 216 g/mol. The Morgan fingerprint density at radius 1 is 1.35 bits per heavy atom. The van der Waals surface area contributed by atoms with Gasteiger partial charge in [0.2, 0.25) is 0 Å². The van der Waals surface area contributed by atoms with E-state index < -0.39 is 0 Å². The van der Waals surface area contributed by atoms with Crippen molar-refractivity contribution in [3.8, 4) is 0 Å². The van der Waals surface area contributed by atoms with Crippen LogP contribution in [0.1, 0.15) is 23.2 Å². The molecule has 1 aromatic rings. The SMILES string of the molecule is COC(=O)c1ccc(N2C[C@H]3CC[C@H]3C2)nc1. The number of pyridine rings is 1. The number of anilines is 1. The predicted octanol–water partition coefficient (Wildman–Crippen LogP) is 1.71. The van der Waals surface area contributed by atoms with Gasteiger partial charge in [-0.1, -0.05) is 0 Å². The van der Waals surface area contributed by atoms with Gasteiger partial charge in [0.15, 0.2) is 0 Å². The highest BCUT2D eigenvalue weighted by molar-refractivity contribution is 5.89. The van der Waals surface area contributed by atoms with Crippen molar-refractivity contribution in [3.63, 3.8) is 0 Å². The highest BCUT2D eigenvalue weighted by Gasteiger charge is 2.39. The summed E-state index contributed by atoms with van der Waals surface area (Å²) in [4.78, 5) is 18.0. The zero-order valence-electron chi connectivity index (χ0n) is 9.93. The van der Waals surface area contributed by atoms with E-state index in [4.69, 9.17) is 0 Å². The summed E-state index contributed by atoms with van der Waals surface area (Å²) < 4.78 is 4.65. The van der Waals surface area contributed by atoms with Gasteiger partial charge in [-0.05, 0) is 36.8 Å². The zero-order chi connectivity index (χ0) is 11.8. The minimum atomic E-state index is -0.328. The molecule has 0 radical (unpaired) electrons. The number of fused-ring (bicyclic) bond motifs is 1. The summed E-state index contributed by atoms with van der Waals surface area (Å²) >= 11 is 0. The molecule has 1 aliphatic carbocycles. The van der Waals surface area contributed by atoms with Gasteiger partial charge in [0.05, 0.1) is 12.7 Å². The molecule has 0 N–H and O–H groups in total. The van der Waals surface area contributed by atoms with E-state index in [1.807, 2.05) is 6.07 Å². The number of nitrogens with zero attached hydrogens (tertiary/aromatic N) is 2. The number of hydrogen-bond donors (Lipinski definition) is 0. The highest BCUT2D eigenvalue weighted by Crippen LogP contribution is 2.41. The maximum atomic E-state index is 11.3. The Kier molecular flexibility index (Phi) is 2.50. The number of rotatable bonds is 2. The first-order valence-electron chi connectivity index (χ1n) is 6.07. The van der Waals surface area contributed by atoms with Gasteiger partial charge in [-0.2, -0.15) is 0 Å². The number of methoxy groups -OCH3 is 1. The molecule has 2 aliphatic rings. The summed E-state index contributed by atoms with van der Waals surface area (Å²) in [6.45, 7) is 2.24. The molecule has 2 atom stereocenters. The van der Waals surface area contributed by atoms with Crippen LogP contribution in [0.4, 0.5) is 5.82 Å². The van der Waals surface area contributed by atoms with Crippen molar-refractivity contribution >= 4 is 11.8 Å². The van der Waals surface area contributed by atoms with E-state index in [-0.39, 0.29) is 5.97 Å². The molecule has 0 aromatic carbocycles. The van der Waals surface area contributed by atoms with Crippen molar-refractivity contribution in [2.45, 2.75) is 12.8 Å². The van der Waals surface area contributed by atoms with Crippen molar-refractivity contribution in [1.29, 1.82) is 0 Å². The molecule has 17 heavy (non-hydrogen) atoms. The van der Waals surface area contributed by atoms with Gasteiger partial charge < -0.3 is 9.64 Å². The van der Waals surface area contributed by atoms with Crippen LogP contribution in [0.5, 0.6) is 0 Å². The number of carbonyl (C=O) groups excluding carboxylic acids is 1. The highest BCUT2D eigenvalue weighted by atomic mass is 16.5. The first kappa shape index (κ1) is 10.6. The maximum Gasteiger partial charge on any atom is 0.339 e. The first-order valence-corrected chi connectivity index (χ1v) is 6.07. The zero-order valence-corrected chi connectivity index (χ0v) is 9.93. The van der Waals surface area contributed by atoms with E-state index in [0.29, 0.717) is 5.56 Å². The third kappa shape index (κ3) is 1.77. The lowest BCUT2D eigenvalue weighted by Crippen LogP contribution is -2.22. The molecule has 4 nitrogen and oxygen atoms in total. The Balaban J connectivity index is 1.74. The summed E-state index contributed by atoms with van der Waals surface area (Å²) in [5.41, 5.74) is 0.512. The number of ether oxygens (including phenoxy) is 1. The second-order valence-electron chi connectivity index (χ2n) is 4.90. The molecular formula is C13H16N2O2. The van der Waals surface area contributed by atoms with Crippen LogP contribution in [0, 0.1) is 11.8 Å². The quantitative estimate of drug-likeness (QED) is 0.728. The minimum absolute atomic E-state index is 0.328. The van der Waals surface area contributed by atoms with Crippen LogP contribution in [0.3, 0.4) is 0 Å². The van der Waals surface area contributed by atoms with Gasteiger partial charge in [0, 0.05) is 19.3 Å². The third-order valence-corrected chi connectivity index (χ3v) is 3.98. The summed E-state index contributed by atoms with van der Waals surface area (Å²) in [7, 11) is 1.38. The van der Waals surface area contributed by atoms with E-state index in [0.717, 1.165) is 30.7 Å². The predicted molar refractivity (Wildman–Crippen MR) is 64.0 cm³/mol. The number of hydrogen-bond acceptors (Lipinski definition) is 4. The smallest absolute Gasteiger partial charge is 0.339 e. The van der Waals surface area contributed by atoms with Gasteiger partial charge in [0.25, 0.3) is 0 Å². The van der Waals surface area contributed by atoms with E-state index in [1.54, 1.807) is 12.3 Å². The molecule has 1 saturated carbocycles. The van der Waals surface area contributed by atoms with Crippen LogP contribution in [0.15, 0.2) is 18.3 Å². The molecule has 0 spiro atoms. The monoisotopic (exact) mass is 232 g/mol. The molecule has 2 fully saturated rings. The van der Waals surface area contributed by atoms with Crippen molar-refractivity contribution in [1.82, 2.24) is 4.98 Å². The minimum Gasteiger partial charge on any atom is -0.465 e. The number of carbonyl (C=O) groups is 1. The largest absolute Gasteiger partial charge is 0.465 e. The molecule has 0 bridgehead atoms. The van der Waals surface area contributed by atoms with Gasteiger partial charge >= 0.3 is 5.97 Å². The molecule has 0 unspecified atom stereocenters. The third-order valence-electron chi connectivity index (χ3n) is 3.98. The van der Waals surface area contributed by atoms with Crippen LogP contribution in [-0.2, 0) is 4.74 Å². The van der Waals surface area contributed by atoms with Gasteiger partial charge in [-0.15, -0.1) is 0 Å². The fraction of sp³-hybridized carbons (Fsp3) is 0.538. The van der Waals surface area contributed by atoms with E-state index in [1.165, 1.54) is 20.0 Å². The fourth-order valence-electron chi connectivity index (χ4n) is 2.76. The van der Waals surface area contributed by atoms with E-state index in [2.05, 4.69) is 14.6 Å². The summed E-state index contributed by atoms with van der Waals surface area (Å²) in [5, 5.41) is 0. The Hall–Kier alpha value is -1.58. The van der Waals surface area contributed by atoms with Gasteiger partial charge in [0.1, 0.15) is 5.82 Å². The fourth-order valence-corrected chi connectivity index (χ4v) is 2.76. The Bertz CT molecular complexity index is 418. The first-order chi connectivity index (χ1) is 8.28. The lowest BCUT2D eigenvalue weighted by atomic mass is 9.77. The van der Waals surface area contributed by atoms with Crippen molar-refractivity contribution < 1.29 is 9.53 Å². The summed E-state index contributed by atoms with van der Waals surface area (Å²) in [6, 6.07) is 3.70. The lowest BCUT2D eigenvalue weighted by molar-refractivity contribution is 0.0600. The van der Waals surface area contributed by atoms with Crippen molar-refractivity contribution in [2.24, 2.45) is 11.8 Å². The molecule has 90 valence electrons. The number of aromatic nitrogens is 1. The van der Waals surface area contributed by atoms with Crippen LogP contribution in [0.2, 0.25) is 0 Å². The Morgan fingerprint density at radius 3 is 2.53 bits per heavy atom. The summed E-state index contributed by atoms with van der Waals surface area (Å²) in [5.74, 6) is 2.40. The molecule has 1 aromatic heterocycles. The van der Waals surface area contributed by atoms with Crippen molar-refractivity contribution in [2.75, 3.05) is 25.1 Å².